The quantitative estimate of drug-likeness (QED) is 0.695. The predicted molar refractivity (Wildman–Crippen MR) is 76.3 cm³/mol. The van der Waals surface area contributed by atoms with Crippen molar-refractivity contribution in [2.45, 2.75) is 6.92 Å². The van der Waals surface area contributed by atoms with Crippen LogP contribution in [0.2, 0.25) is 0 Å². The molecule has 0 amide bonds. The van der Waals surface area contributed by atoms with Gasteiger partial charge in [0.25, 0.3) is 0 Å². The first-order chi connectivity index (χ1) is 8.74. The van der Waals surface area contributed by atoms with Crippen LogP contribution in [-0.4, -0.2) is 4.98 Å². The van der Waals surface area contributed by atoms with Crippen molar-refractivity contribution in [2.24, 2.45) is 0 Å². The van der Waals surface area contributed by atoms with Crippen LogP contribution in [0.25, 0.3) is 22.0 Å². The van der Waals surface area contributed by atoms with Gasteiger partial charge in [0.1, 0.15) is 5.82 Å². The minimum absolute atomic E-state index is 0.606. The van der Waals surface area contributed by atoms with E-state index in [2.05, 4.69) is 35.3 Å². The molecule has 1 heterocycles. The Morgan fingerprint density at radius 1 is 0.889 bits per heavy atom. The molecule has 0 radical (unpaired) electrons. The number of nitrogens with two attached hydrogens (primary N) is 1. The van der Waals surface area contributed by atoms with Crippen LogP contribution in [0, 0.1) is 6.92 Å². The molecule has 2 N–H and O–H groups in total. The number of fused-ring (bicyclic) bond motifs is 1. The zero-order chi connectivity index (χ0) is 12.5. The van der Waals surface area contributed by atoms with Gasteiger partial charge in [0.15, 0.2) is 0 Å². The van der Waals surface area contributed by atoms with Crippen LogP contribution in [0.1, 0.15) is 5.56 Å². The van der Waals surface area contributed by atoms with Crippen molar-refractivity contribution in [1.29, 1.82) is 0 Å². The van der Waals surface area contributed by atoms with E-state index < -0.39 is 0 Å². The Hall–Kier alpha value is -2.35. The molecule has 18 heavy (non-hydrogen) atoms. The van der Waals surface area contributed by atoms with Gasteiger partial charge in [-0.2, -0.15) is 0 Å². The second kappa shape index (κ2) is 4.15. The summed E-state index contributed by atoms with van der Waals surface area (Å²) in [5.41, 5.74) is 10.2. The molecule has 0 atom stereocenters. The molecule has 3 rings (SSSR count). The fourth-order valence-corrected chi connectivity index (χ4v) is 2.11. The lowest BCUT2D eigenvalue weighted by molar-refractivity contribution is 1.34. The van der Waals surface area contributed by atoms with Gasteiger partial charge in [-0.15, -0.1) is 0 Å². The molecule has 2 heteroatoms. The number of aromatic nitrogens is 1. The summed E-state index contributed by atoms with van der Waals surface area (Å²) in [5.74, 6) is 0.606. The molecule has 88 valence electrons. The third-order valence-corrected chi connectivity index (χ3v) is 3.15. The number of anilines is 1. The van der Waals surface area contributed by atoms with Gasteiger partial charge in [-0.1, -0.05) is 36.4 Å². The molecular weight excluding hydrogens is 220 g/mol. The average molecular weight is 234 g/mol. The van der Waals surface area contributed by atoms with Crippen molar-refractivity contribution >= 4 is 16.7 Å². The number of rotatable bonds is 1. The van der Waals surface area contributed by atoms with Crippen molar-refractivity contribution in [1.82, 2.24) is 4.98 Å². The second-order valence-electron chi connectivity index (χ2n) is 4.46. The normalized spacial score (nSPS) is 10.7. The number of nitrogen functional groups attached to an aromatic ring is 1. The van der Waals surface area contributed by atoms with Gasteiger partial charge in [-0.25, -0.2) is 4.98 Å². The van der Waals surface area contributed by atoms with E-state index in [0.717, 1.165) is 16.5 Å². The summed E-state index contributed by atoms with van der Waals surface area (Å²) in [7, 11) is 0. The van der Waals surface area contributed by atoms with E-state index in [9.17, 15) is 0 Å². The van der Waals surface area contributed by atoms with Gasteiger partial charge in [-0.05, 0) is 41.8 Å². The highest BCUT2D eigenvalue weighted by atomic mass is 14.8. The van der Waals surface area contributed by atoms with E-state index in [1.165, 1.54) is 11.1 Å². The highest BCUT2D eigenvalue weighted by Crippen LogP contribution is 2.25. The molecule has 0 bridgehead atoms. The van der Waals surface area contributed by atoms with Crippen LogP contribution in [0.15, 0.2) is 54.6 Å². The van der Waals surface area contributed by atoms with E-state index in [0.29, 0.717) is 5.82 Å². The van der Waals surface area contributed by atoms with Crippen molar-refractivity contribution in [3.63, 3.8) is 0 Å². The van der Waals surface area contributed by atoms with Crippen LogP contribution in [0.5, 0.6) is 0 Å². The molecule has 2 aromatic carbocycles. The maximum Gasteiger partial charge on any atom is 0.127 e. The van der Waals surface area contributed by atoms with E-state index in [-0.39, 0.29) is 0 Å². The fraction of sp³-hybridized carbons (Fsp3) is 0.0625. The fourth-order valence-electron chi connectivity index (χ4n) is 2.11. The van der Waals surface area contributed by atoms with Crippen LogP contribution in [0.3, 0.4) is 0 Å². The number of pyridine rings is 1. The molecule has 0 aliphatic heterocycles. The number of hydrogen-bond acceptors (Lipinski definition) is 2. The SMILES string of the molecule is Cc1cc2cc(-c3ccccc3)ccc2nc1N. The van der Waals surface area contributed by atoms with Gasteiger partial charge in [0.2, 0.25) is 0 Å². The number of nitrogens with zero attached hydrogens (tertiary/aromatic N) is 1. The highest BCUT2D eigenvalue weighted by molar-refractivity contribution is 5.86. The predicted octanol–water partition coefficient (Wildman–Crippen LogP) is 3.79. The summed E-state index contributed by atoms with van der Waals surface area (Å²) in [6.07, 6.45) is 0. The lowest BCUT2D eigenvalue weighted by Crippen LogP contribution is -1.94. The highest BCUT2D eigenvalue weighted by Gasteiger charge is 2.02. The molecule has 2 nitrogen and oxygen atoms in total. The van der Waals surface area contributed by atoms with Crippen LogP contribution >= 0.6 is 0 Å². The zero-order valence-electron chi connectivity index (χ0n) is 10.2. The summed E-state index contributed by atoms with van der Waals surface area (Å²) < 4.78 is 0. The molecule has 0 spiro atoms. The number of benzene rings is 2. The van der Waals surface area contributed by atoms with Crippen molar-refractivity contribution in [2.75, 3.05) is 5.73 Å². The Morgan fingerprint density at radius 3 is 2.44 bits per heavy atom. The van der Waals surface area contributed by atoms with Crippen molar-refractivity contribution in [3.05, 3.63) is 60.2 Å². The van der Waals surface area contributed by atoms with Gasteiger partial charge in [0, 0.05) is 5.39 Å². The summed E-state index contributed by atoms with van der Waals surface area (Å²) >= 11 is 0. The molecule has 0 aliphatic rings. The Kier molecular flexibility index (Phi) is 2.49. The third-order valence-electron chi connectivity index (χ3n) is 3.15. The molecule has 0 saturated heterocycles. The summed E-state index contributed by atoms with van der Waals surface area (Å²) in [4.78, 5) is 4.39. The van der Waals surface area contributed by atoms with E-state index in [1.807, 2.05) is 31.2 Å². The van der Waals surface area contributed by atoms with Crippen LogP contribution in [0.4, 0.5) is 5.82 Å². The first-order valence-corrected chi connectivity index (χ1v) is 5.96. The molecule has 1 aromatic heterocycles. The second-order valence-corrected chi connectivity index (χ2v) is 4.46. The monoisotopic (exact) mass is 234 g/mol. The van der Waals surface area contributed by atoms with Gasteiger partial charge < -0.3 is 5.73 Å². The Bertz CT molecular complexity index is 703. The molecule has 0 unspecified atom stereocenters. The Labute approximate surface area is 106 Å². The number of aryl methyl sites for hydroxylation is 1. The van der Waals surface area contributed by atoms with E-state index in [4.69, 9.17) is 5.73 Å². The van der Waals surface area contributed by atoms with E-state index in [1.54, 1.807) is 0 Å². The summed E-state index contributed by atoms with van der Waals surface area (Å²) in [6.45, 7) is 1.98. The van der Waals surface area contributed by atoms with Crippen molar-refractivity contribution in [3.8, 4) is 11.1 Å². The minimum atomic E-state index is 0.606. The maximum absolute atomic E-state index is 5.82. The Morgan fingerprint density at radius 2 is 1.67 bits per heavy atom. The number of hydrogen-bond donors (Lipinski definition) is 1. The Balaban J connectivity index is 2.20. The van der Waals surface area contributed by atoms with Gasteiger partial charge in [-0.3, -0.25) is 0 Å². The van der Waals surface area contributed by atoms with Gasteiger partial charge >= 0.3 is 0 Å². The maximum atomic E-state index is 5.82. The standard InChI is InChI=1S/C16H14N2/c1-11-9-14-10-13(12-5-3-2-4-6-12)7-8-15(14)18-16(11)17/h2-10H,1H3,(H2,17,18). The van der Waals surface area contributed by atoms with Crippen LogP contribution in [-0.2, 0) is 0 Å². The third kappa shape index (κ3) is 1.82. The molecule has 0 fully saturated rings. The van der Waals surface area contributed by atoms with Gasteiger partial charge in [0.05, 0.1) is 5.52 Å². The largest absolute Gasteiger partial charge is 0.383 e. The van der Waals surface area contributed by atoms with Crippen LogP contribution < -0.4 is 5.73 Å². The lowest BCUT2D eigenvalue weighted by Gasteiger charge is -2.06. The molecule has 3 aromatic rings. The smallest absolute Gasteiger partial charge is 0.127 e. The minimum Gasteiger partial charge on any atom is -0.383 e. The topological polar surface area (TPSA) is 38.9 Å². The summed E-state index contributed by atoms with van der Waals surface area (Å²) in [5, 5.41) is 1.13. The average Bonchev–Trinajstić information content (AvgIpc) is 2.41. The lowest BCUT2D eigenvalue weighted by atomic mass is 10.0. The molecule has 0 saturated carbocycles. The van der Waals surface area contributed by atoms with Crippen molar-refractivity contribution < 1.29 is 0 Å². The zero-order valence-corrected chi connectivity index (χ0v) is 10.2. The first-order valence-electron chi connectivity index (χ1n) is 5.96. The summed E-state index contributed by atoms with van der Waals surface area (Å²) in [6, 6.07) is 18.7. The molecular formula is C16H14N2. The first kappa shape index (κ1) is 10.8. The molecule has 0 aliphatic carbocycles. The van der Waals surface area contributed by atoms with E-state index >= 15 is 0 Å².